The maximum Gasteiger partial charge on any atom is 0.0638 e. The lowest BCUT2D eigenvalue weighted by molar-refractivity contribution is 0.116. The van der Waals surface area contributed by atoms with Gasteiger partial charge in [0.1, 0.15) is 0 Å². The molecule has 1 aliphatic rings. The van der Waals surface area contributed by atoms with Crippen LogP contribution in [0.25, 0.3) is 10.4 Å². The minimum absolute atomic E-state index is 0.0838. The fourth-order valence-electron chi connectivity index (χ4n) is 2.22. The molecule has 1 aliphatic heterocycles. The molecule has 1 fully saturated rings. The van der Waals surface area contributed by atoms with Gasteiger partial charge in [-0.15, -0.1) is 0 Å². The van der Waals surface area contributed by atoms with Crippen molar-refractivity contribution < 1.29 is 4.74 Å². The average Bonchev–Trinajstić information content (AvgIpc) is 2.75. The van der Waals surface area contributed by atoms with Gasteiger partial charge in [0, 0.05) is 10.8 Å². The Labute approximate surface area is 94.9 Å². The van der Waals surface area contributed by atoms with E-state index in [9.17, 15) is 0 Å². The molecule has 0 aromatic heterocycles. The lowest BCUT2D eigenvalue weighted by Crippen LogP contribution is -2.08. The highest BCUT2D eigenvalue weighted by Gasteiger charge is 2.26. The van der Waals surface area contributed by atoms with Crippen LogP contribution in [-0.2, 0) is 4.74 Å². The predicted molar refractivity (Wildman–Crippen MR) is 62.3 cm³/mol. The van der Waals surface area contributed by atoms with Gasteiger partial charge in [0.2, 0.25) is 0 Å². The number of aryl methyl sites for hydroxylation is 1. The Hall–Kier alpha value is -1.51. The molecule has 84 valence electrons. The molecule has 0 radical (unpaired) electrons. The Morgan fingerprint density at radius 1 is 1.50 bits per heavy atom. The van der Waals surface area contributed by atoms with Gasteiger partial charge < -0.3 is 4.74 Å². The molecule has 2 rings (SSSR count). The Morgan fingerprint density at radius 2 is 2.31 bits per heavy atom. The van der Waals surface area contributed by atoms with Gasteiger partial charge in [-0.3, -0.25) is 0 Å². The number of hydrogen-bond acceptors (Lipinski definition) is 2. The van der Waals surface area contributed by atoms with Crippen molar-refractivity contribution in [3.63, 3.8) is 0 Å². The van der Waals surface area contributed by atoms with Gasteiger partial charge in [0.15, 0.2) is 0 Å². The minimum Gasteiger partial charge on any atom is -0.377 e. The first-order chi connectivity index (χ1) is 7.81. The van der Waals surface area contributed by atoms with Crippen LogP contribution in [0, 0.1) is 6.92 Å². The first-order valence-corrected chi connectivity index (χ1v) is 5.49. The second-order valence-electron chi connectivity index (χ2n) is 4.16. The van der Waals surface area contributed by atoms with Crippen LogP contribution in [0.2, 0.25) is 0 Å². The summed E-state index contributed by atoms with van der Waals surface area (Å²) in [6.45, 7) is 3.30. The second-order valence-corrected chi connectivity index (χ2v) is 4.16. The monoisotopic (exact) mass is 217 g/mol. The summed E-state index contributed by atoms with van der Waals surface area (Å²) in [6, 6.07) is 8.38. The highest BCUT2D eigenvalue weighted by Crippen LogP contribution is 2.31. The van der Waals surface area contributed by atoms with E-state index in [1.807, 2.05) is 6.07 Å². The Balaban J connectivity index is 2.03. The first kappa shape index (κ1) is 11.0. The average molecular weight is 217 g/mol. The number of rotatable bonds is 3. The van der Waals surface area contributed by atoms with E-state index in [1.54, 1.807) is 0 Å². The number of hydrogen-bond donors (Lipinski definition) is 0. The standard InChI is InChI=1S/C12H15N3O/c1-9-4-2-3-5-12(9)10-6-11(16-8-10)7-14-15-13/h2-5,10-11H,6-8H2,1H3. The molecule has 0 aliphatic carbocycles. The van der Waals surface area contributed by atoms with Crippen LogP contribution < -0.4 is 0 Å². The molecule has 16 heavy (non-hydrogen) atoms. The van der Waals surface area contributed by atoms with Crippen molar-refractivity contribution in [1.82, 2.24) is 0 Å². The molecule has 0 saturated carbocycles. The Morgan fingerprint density at radius 3 is 3.06 bits per heavy atom. The van der Waals surface area contributed by atoms with E-state index in [4.69, 9.17) is 10.3 Å². The maximum absolute atomic E-state index is 8.26. The van der Waals surface area contributed by atoms with Crippen LogP contribution in [0.4, 0.5) is 0 Å². The first-order valence-electron chi connectivity index (χ1n) is 5.49. The minimum atomic E-state index is 0.0838. The quantitative estimate of drug-likeness (QED) is 0.435. The van der Waals surface area contributed by atoms with Crippen molar-refractivity contribution in [3.05, 3.63) is 45.8 Å². The lowest BCUT2D eigenvalue weighted by atomic mass is 9.93. The SMILES string of the molecule is Cc1ccccc1C1COC(CN=[N+]=[N-])C1. The van der Waals surface area contributed by atoms with E-state index < -0.39 is 0 Å². The number of nitrogens with zero attached hydrogens (tertiary/aromatic N) is 3. The highest BCUT2D eigenvalue weighted by atomic mass is 16.5. The molecule has 1 aromatic carbocycles. The zero-order chi connectivity index (χ0) is 11.4. The van der Waals surface area contributed by atoms with Crippen LogP contribution >= 0.6 is 0 Å². The summed E-state index contributed by atoms with van der Waals surface area (Å²) < 4.78 is 5.61. The third-order valence-electron chi connectivity index (χ3n) is 3.06. The summed E-state index contributed by atoms with van der Waals surface area (Å²) >= 11 is 0. The molecule has 1 saturated heterocycles. The topological polar surface area (TPSA) is 58.0 Å². The second kappa shape index (κ2) is 5.01. The number of benzene rings is 1. The van der Waals surface area contributed by atoms with Crippen molar-refractivity contribution in [2.24, 2.45) is 5.11 Å². The molecule has 2 atom stereocenters. The van der Waals surface area contributed by atoms with E-state index in [0.717, 1.165) is 13.0 Å². The number of azide groups is 1. The largest absolute Gasteiger partial charge is 0.377 e. The van der Waals surface area contributed by atoms with E-state index >= 15 is 0 Å². The summed E-state index contributed by atoms with van der Waals surface area (Å²) in [7, 11) is 0. The van der Waals surface area contributed by atoms with Crippen LogP contribution in [-0.4, -0.2) is 19.3 Å². The fourth-order valence-corrected chi connectivity index (χ4v) is 2.22. The van der Waals surface area contributed by atoms with Crippen molar-refractivity contribution in [2.45, 2.75) is 25.4 Å². The van der Waals surface area contributed by atoms with Crippen LogP contribution in [0.5, 0.6) is 0 Å². The van der Waals surface area contributed by atoms with Gasteiger partial charge in [-0.2, -0.15) is 0 Å². The van der Waals surface area contributed by atoms with E-state index in [2.05, 4.69) is 35.1 Å². The fraction of sp³-hybridized carbons (Fsp3) is 0.500. The molecule has 1 aromatic rings. The van der Waals surface area contributed by atoms with Gasteiger partial charge in [0.25, 0.3) is 0 Å². The predicted octanol–water partition coefficient (Wildman–Crippen LogP) is 3.18. The van der Waals surface area contributed by atoms with Gasteiger partial charge in [-0.05, 0) is 30.0 Å². The molecule has 4 nitrogen and oxygen atoms in total. The van der Waals surface area contributed by atoms with Gasteiger partial charge in [-0.1, -0.05) is 29.4 Å². The molecular weight excluding hydrogens is 202 g/mol. The van der Waals surface area contributed by atoms with Crippen LogP contribution in [0.1, 0.15) is 23.5 Å². The summed E-state index contributed by atoms with van der Waals surface area (Å²) in [5, 5.41) is 3.56. The molecule has 0 spiro atoms. The maximum atomic E-state index is 8.26. The molecule has 4 heteroatoms. The molecule has 2 unspecified atom stereocenters. The van der Waals surface area contributed by atoms with Crippen LogP contribution in [0.15, 0.2) is 29.4 Å². The van der Waals surface area contributed by atoms with E-state index in [-0.39, 0.29) is 6.10 Å². The third kappa shape index (κ3) is 2.35. The van der Waals surface area contributed by atoms with Crippen molar-refractivity contribution in [1.29, 1.82) is 0 Å². The molecule has 0 amide bonds. The molecule has 0 bridgehead atoms. The third-order valence-corrected chi connectivity index (χ3v) is 3.06. The number of ether oxygens (including phenoxy) is 1. The van der Waals surface area contributed by atoms with Crippen molar-refractivity contribution >= 4 is 0 Å². The Bertz CT molecular complexity index is 412. The smallest absolute Gasteiger partial charge is 0.0638 e. The summed E-state index contributed by atoms with van der Waals surface area (Å²) in [5.74, 6) is 0.445. The van der Waals surface area contributed by atoms with Crippen molar-refractivity contribution in [2.75, 3.05) is 13.2 Å². The summed E-state index contributed by atoms with van der Waals surface area (Å²) in [5.41, 5.74) is 10.9. The zero-order valence-corrected chi connectivity index (χ0v) is 9.34. The zero-order valence-electron chi connectivity index (χ0n) is 9.34. The van der Waals surface area contributed by atoms with E-state index in [1.165, 1.54) is 11.1 Å². The Kier molecular flexibility index (Phi) is 3.44. The van der Waals surface area contributed by atoms with Crippen LogP contribution in [0.3, 0.4) is 0 Å². The van der Waals surface area contributed by atoms with Gasteiger partial charge >= 0.3 is 0 Å². The van der Waals surface area contributed by atoms with Crippen molar-refractivity contribution in [3.8, 4) is 0 Å². The normalized spacial score (nSPS) is 24.1. The molecule has 0 N–H and O–H groups in total. The van der Waals surface area contributed by atoms with Gasteiger partial charge in [0.05, 0.1) is 19.3 Å². The van der Waals surface area contributed by atoms with E-state index in [0.29, 0.717) is 12.5 Å². The van der Waals surface area contributed by atoms with Gasteiger partial charge in [-0.25, -0.2) is 0 Å². The molecule has 1 heterocycles. The lowest BCUT2D eigenvalue weighted by Gasteiger charge is -2.11. The highest BCUT2D eigenvalue weighted by molar-refractivity contribution is 5.29. The summed E-state index contributed by atoms with van der Waals surface area (Å²) in [6.07, 6.45) is 1.03. The molecular formula is C12H15N3O. The summed E-state index contributed by atoms with van der Waals surface area (Å²) in [4.78, 5) is 2.76.